The summed E-state index contributed by atoms with van der Waals surface area (Å²) in [7, 11) is 0. The molecular formula is C16H11Cl2F3N2O2. The van der Waals surface area contributed by atoms with Crippen LogP contribution in [-0.2, 0) is 15.8 Å². The van der Waals surface area contributed by atoms with Gasteiger partial charge in [0.25, 0.3) is 0 Å². The van der Waals surface area contributed by atoms with Crippen molar-refractivity contribution in [1.29, 1.82) is 0 Å². The van der Waals surface area contributed by atoms with Crippen molar-refractivity contribution < 1.29 is 22.8 Å². The number of hydrogen-bond acceptors (Lipinski definition) is 2. The molecule has 0 aliphatic heterocycles. The highest BCUT2D eigenvalue weighted by molar-refractivity contribution is 6.39. The lowest BCUT2D eigenvalue weighted by Crippen LogP contribution is -2.21. The third-order valence-electron chi connectivity index (χ3n) is 3.04. The topological polar surface area (TPSA) is 58.2 Å². The Morgan fingerprint density at radius 2 is 1.40 bits per heavy atom. The Morgan fingerprint density at radius 3 is 1.92 bits per heavy atom. The number of alkyl halides is 3. The fraction of sp³-hybridized carbons (Fsp3) is 0.125. The van der Waals surface area contributed by atoms with Crippen LogP contribution in [0.25, 0.3) is 0 Å². The van der Waals surface area contributed by atoms with Gasteiger partial charge in [-0.15, -0.1) is 0 Å². The SMILES string of the molecule is O=C(CC(=O)Nc1c(Cl)cccc1Cl)Nc1ccc(C(F)(F)F)cc1. The summed E-state index contributed by atoms with van der Waals surface area (Å²) in [4.78, 5) is 23.7. The van der Waals surface area contributed by atoms with Crippen molar-refractivity contribution >= 4 is 46.4 Å². The summed E-state index contributed by atoms with van der Waals surface area (Å²) in [5.41, 5.74) is -0.517. The molecule has 0 unspecified atom stereocenters. The lowest BCUT2D eigenvalue weighted by Gasteiger charge is -2.10. The van der Waals surface area contributed by atoms with Gasteiger partial charge in [-0.3, -0.25) is 9.59 Å². The summed E-state index contributed by atoms with van der Waals surface area (Å²) in [6, 6.07) is 8.50. The molecule has 2 N–H and O–H groups in total. The Bertz CT molecular complexity index is 773. The first-order valence-corrected chi connectivity index (χ1v) is 7.63. The van der Waals surface area contributed by atoms with Crippen molar-refractivity contribution in [3.63, 3.8) is 0 Å². The molecule has 25 heavy (non-hydrogen) atoms. The molecule has 0 bridgehead atoms. The zero-order valence-electron chi connectivity index (χ0n) is 12.5. The molecule has 2 rings (SSSR count). The zero-order valence-corrected chi connectivity index (χ0v) is 14.0. The molecule has 2 aromatic carbocycles. The van der Waals surface area contributed by atoms with Gasteiger partial charge in [-0.05, 0) is 36.4 Å². The predicted molar refractivity (Wildman–Crippen MR) is 89.8 cm³/mol. The Morgan fingerprint density at radius 1 is 0.880 bits per heavy atom. The average Bonchev–Trinajstić information content (AvgIpc) is 2.50. The standard InChI is InChI=1S/C16H11Cl2F3N2O2/c17-11-2-1-3-12(18)15(11)23-14(25)8-13(24)22-10-6-4-9(5-7-10)16(19,20)21/h1-7H,8H2,(H,22,24)(H,23,25). The summed E-state index contributed by atoms with van der Waals surface area (Å²) >= 11 is 11.8. The highest BCUT2D eigenvalue weighted by Gasteiger charge is 2.30. The van der Waals surface area contributed by atoms with Crippen LogP contribution >= 0.6 is 23.2 Å². The molecule has 0 saturated heterocycles. The third kappa shape index (κ3) is 5.37. The molecule has 4 nitrogen and oxygen atoms in total. The van der Waals surface area contributed by atoms with Gasteiger partial charge in [-0.25, -0.2) is 0 Å². The van der Waals surface area contributed by atoms with Crippen LogP contribution in [-0.4, -0.2) is 11.8 Å². The normalized spacial score (nSPS) is 11.1. The first kappa shape index (κ1) is 19.1. The first-order chi connectivity index (χ1) is 11.7. The third-order valence-corrected chi connectivity index (χ3v) is 3.67. The van der Waals surface area contributed by atoms with Crippen LogP contribution in [0.15, 0.2) is 42.5 Å². The minimum Gasteiger partial charge on any atom is -0.326 e. The highest BCUT2D eigenvalue weighted by Crippen LogP contribution is 2.30. The molecule has 132 valence electrons. The van der Waals surface area contributed by atoms with E-state index in [1.165, 1.54) is 12.1 Å². The fourth-order valence-corrected chi connectivity index (χ4v) is 2.39. The van der Waals surface area contributed by atoms with E-state index in [1.54, 1.807) is 6.07 Å². The van der Waals surface area contributed by atoms with E-state index in [9.17, 15) is 22.8 Å². The van der Waals surface area contributed by atoms with E-state index in [2.05, 4.69) is 10.6 Å². The quantitative estimate of drug-likeness (QED) is 0.723. The van der Waals surface area contributed by atoms with E-state index in [0.29, 0.717) is 0 Å². The van der Waals surface area contributed by atoms with Gasteiger partial charge in [0, 0.05) is 5.69 Å². The summed E-state index contributed by atoms with van der Waals surface area (Å²) < 4.78 is 37.4. The summed E-state index contributed by atoms with van der Waals surface area (Å²) in [5, 5.41) is 5.17. The van der Waals surface area contributed by atoms with Gasteiger partial charge < -0.3 is 10.6 Å². The van der Waals surface area contributed by atoms with Crippen LogP contribution in [0.1, 0.15) is 12.0 Å². The van der Waals surface area contributed by atoms with E-state index in [-0.39, 0.29) is 21.4 Å². The second-order valence-electron chi connectivity index (χ2n) is 4.94. The molecular weight excluding hydrogens is 380 g/mol. The maximum atomic E-state index is 12.5. The van der Waals surface area contributed by atoms with Crippen molar-refractivity contribution in [1.82, 2.24) is 0 Å². The Kier molecular flexibility index (Phi) is 5.92. The van der Waals surface area contributed by atoms with Gasteiger partial charge in [-0.2, -0.15) is 13.2 Å². The minimum absolute atomic E-state index is 0.140. The van der Waals surface area contributed by atoms with Crippen molar-refractivity contribution in [3.8, 4) is 0 Å². The van der Waals surface area contributed by atoms with Gasteiger partial charge in [0.1, 0.15) is 6.42 Å². The van der Waals surface area contributed by atoms with E-state index >= 15 is 0 Å². The molecule has 0 aliphatic rings. The summed E-state index contributed by atoms with van der Waals surface area (Å²) in [6.07, 6.45) is -5.01. The number of anilines is 2. The van der Waals surface area contributed by atoms with E-state index in [4.69, 9.17) is 23.2 Å². The van der Waals surface area contributed by atoms with E-state index in [0.717, 1.165) is 24.3 Å². The lowest BCUT2D eigenvalue weighted by molar-refractivity contribution is -0.137. The van der Waals surface area contributed by atoms with E-state index < -0.39 is 30.0 Å². The highest BCUT2D eigenvalue weighted by atomic mass is 35.5. The molecule has 0 saturated carbocycles. The maximum absolute atomic E-state index is 12.5. The average molecular weight is 391 g/mol. The van der Waals surface area contributed by atoms with Crippen LogP contribution in [0.4, 0.5) is 24.5 Å². The van der Waals surface area contributed by atoms with Crippen LogP contribution in [0.5, 0.6) is 0 Å². The number of nitrogens with one attached hydrogen (secondary N) is 2. The van der Waals surface area contributed by atoms with Crippen LogP contribution in [0, 0.1) is 0 Å². The molecule has 0 aliphatic carbocycles. The molecule has 0 spiro atoms. The monoisotopic (exact) mass is 390 g/mol. The number of rotatable bonds is 4. The van der Waals surface area contributed by atoms with Gasteiger partial charge >= 0.3 is 6.18 Å². The predicted octanol–water partition coefficient (Wildman–Crippen LogP) is 4.98. The van der Waals surface area contributed by atoms with Gasteiger partial charge in [-0.1, -0.05) is 29.3 Å². The second kappa shape index (κ2) is 7.76. The van der Waals surface area contributed by atoms with Gasteiger partial charge in [0.2, 0.25) is 11.8 Å². The minimum atomic E-state index is -4.46. The molecule has 0 radical (unpaired) electrons. The summed E-state index contributed by atoms with van der Waals surface area (Å²) in [5.74, 6) is -1.36. The number of carbonyl (C=O) groups excluding carboxylic acids is 2. The van der Waals surface area contributed by atoms with Crippen molar-refractivity contribution in [3.05, 3.63) is 58.1 Å². The van der Waals surface area contributed by atoms with Crippen molar-refractivity contribution in [2.24, 2.45) is 0 Å². The lowest BCUT2D eigenvalue weighted by atomic mass is 10.2. The molecule has 2 amide bonds. The number of para-hydroxylation sites is 1. The maximum Gasteiger partial charge on any atom is 0.416 e. The Labute approximate surface area is 150 Å². The van der Waals surface area contributed by atoms with Gasteiger partial charge in [0.15, 0.2) is 0 Å². The first-order valence-electron chi connectivity index (χ1n) is 6.88. The molecule has 9 heteroatoms. The van der Waals surface area contributed by atoms with E-state index in [1.807, 2.05) is 0 Å². The number of halogens is 5. The second-order valence-corrected chi connectivity index (χ2v) is 5.76. The van der Waals surface area contributed by atoms with Crippen molar-refractivity contribution in [2.45, 2.75) is 12.6 Å². The number of hydrogen-bond donors (Lipinski definition) is 2. The molecule has 0 fully saturated rings. The smallest absolute Gasteiger partial charge is 0.326 e. The molecule has 0 heterocycles. The van der Waals surface area contributed by atoms with Crippen molar-refractivity contribution in [2.75, 3.05) is 10.6 Å². The van der Waals surface area contributed by atoms with Crippen LogP contribution in [0.2, 0.25) is 10.0 Å². The van der Waals surface area contributed by atoms with Crippen LogP contribution < -0.4 is 10.6 Å². The fourth-order valence-electron chi connectivity index (χ4n) is 1.89. The molecule has 0 aromatic heterocycles. The summed E-state index contributed by atoms with van der Waals surface area (Å²) in [6.45, 7) is 0. The Hall–Kier alpha value is -2.25. The van der Waals surface area contributed by atoms with Gasteiger partial charge in [0.05, 0.1) is 21.3 Å². The number of amides is 2. The Balaban J connectivity index is 1.95. The number of benzene rings is 2. The molecule has 0 atom stereocenters. The molecule has 2 aromatic rings. The number of carbonyl (C=O) groups is 2. The largest absolute Gasteiger partial charge is 0.416 e. The van der Waals surface area contributed by atoms with Crippen LogP contribution in [0.3, 0.4) is 0 Å². The zero-order chi connectivity index (χ0) is 18.6.